The van der Waals surface area contributed by atoms with Gasteiger partial charge in [0.05, 0.1) is 12.3 Å². The molecule has 26 heavy (non-hydrogen) atoms. The van der Waals surface area contributed by atoms with Crippen LogP contribution in [0.15, 0.2) is 51.6 Å². The largest absolute Gasteiger partial charge is 0.463 e. The van der Waals surface area contributed by atoms with Crippen LogP contribution in [0.1, 0.15) is 34.1 Å². The minimum absolute atomic E-state index is 0.0739. The first-order valence-electron chi connectivity index (χ1n) is 8.38. The number of benzene rings is 1. The lowest BCUT2D eigenvalue weighted by Crippen LogP contribution is -2.31. The van der Waals surface area contributed by atoms with Gasteiger partial charge >= 0.3 is 0 Å². The Morgan fingerprint density at radius 2 is 2.23 bits per heavy atom. The highest BCUT2D eigenvalue weighted by Gasteiger charge is 2.42. The number of H-pyrrole nitrogens is 1. The van der Waals surface area contributed by atoms with E-state index in [1.165, 1.54) is 0 Å². The molecule has 134 valence electrons. The van der Waals surface area contributed by atoms with Crippen LogP contribution >= 0.6 is 15.9 Å². The highest BCUT2D eigenvalue weighted by atomic mass is 79.9. The molecule has 7 heteroatoms. The van der Waals surface area contributed by atoms with Gasteiger partial charge in [0.25, 0.3) is 5.91 Å². The summed E-state index contributed by atoms with van der Waals surface area (Å²) >= 11 is 3.53. The smallest absolute Gasteiger partial charge is 0.275 e. The summed E-state index contributed by atoms with van der Waals surface area (Å²) in [7, 11) is 1.66. The van der Waals surface area contributed by atoms with E-state index in [1.807, 2.05) is 41.3 Å². The molecule has 3 heterocycles. The normalized spacial score (nSPS) is 16.3. The Bertz CT molecular complexity index is 920. The van der Waals surface area contributed by atoms with E-state index < -0.39 is 0 Å². The number of aromatic amines is 1. The van der Waals surface area contributed by atoms with E-state index >= 15 is 0 Å². The second-order valence-corrected chi connectivity index (χ2v) is 7.06. The molecule has 4 rings (SSSR count). The van der Waals surface area contributed by atoms with Gasteiger partial charge in [0, 0.05) is 30.3 Å². The van der Waals surface area contributed by atoms with Gasteiger partial charge in [-0.2, -0.15) is 5.10 Å². The van der Waals surface area contributed by atoms with Crippen LogP contribution in [0.2, 0.25) is 0 Å². The zero-order valence-electron chi connectivity index (χ0n) is 14.2. The Balaban J connectivity index is 1.81. The van der Waals surface area contributed by atoms with Crippen molar-refractivity contribution in [2.75, 3.05) is 20.3 Å². The Labute approximate surface area is 159 Å². The molecule has 1 unspecified atom stereocenters. The minimum Gasteiger partial charge on any atom is -0.463 e. The third-order valence-electron chi connectivity index (χ3n) is 4.53. The van der Waals surface area contributed by atoms with Crippen LogP contribution < -0.4 is 0 Å². The molecule has 3 aromatic rings. The maximum Gasteiger partial charge on any atom is 0.275 e. The van der Waals surface area contributed by atoms with E-state index in [0.29, 0.717) is 24.6 Å². The number of hydrogen-bond donors (Lipinski definition) is 1. The predicted molar refractivity (Wildman–Crippen MR) is 99.8 cm³/mol. The first kappa shape index (κ1) is 17.1. The summed E-state index contributed by atoms with van der Waals surface area (Å²) in [5.74, 6) is 0.598. The second kappa shape index (κ2) is 7.09. The van der Waals surface area contributed by atoms with Crippen molar-refractivity contribution in [3.8, 4) is 11.5 Å². The fourth-order valence-corrected chi connectivity index (χ4v) is 3.85. The average Bonchev–Trinajstić information content (AvgIpc) is 3.34. The number of amides is 1. The van der Waals surface area contributed by atoms with Gasteiger partial charge in [-0.25, -0.2) is 0 Å². The van der Waals surface area contributed by atoms with Crippen LogP contribution in [-0.4, -0.2) is 41.3 Å². The summed E-state index contributed by atoms with van der Waals surface area (Å²) in [4.78, 5) is 14.9. The number of aromatic nitrogens is 2. The van der Waals surface area contributed by atoms with Crippen molar-refractivity contribution in [2.24, 2.45) is 0 Å². The number of carbonyl (C=O) groups is 1. The summed E-state index contributed by atoms with van der Waals surface area (Å²) < 4.78 is 11.7. The summed E-state index contributed by atoms with van der Waals surface area (Å²) in [5.41, 5.74) is 3.09. The molecular weight excluding hydrogens is 398 g/mol. The van der Waals surface area contributed by atoms with E-state index in [2.05, 4.69) is 26.1 Å². The number of carbonyl (C=O) groups excluding carboxylic acids is 1. The number of halogens is 1. The first-order chi connectivity index (χ1) is 12.7. The number of fused-ring (bicyclic) bond motifs is 1. The Hall–Kier alpha value is -2.38. The van der Waals surface area contributed by atoms with Crippen molar-refractivity contribution < 1.29 is 13.9 Å². The SMILES string of the molecule is COCCCN1C(=O)c2n[nH]c(-c3ccco3)c2C1c1cccc(Br)c1. The molecule has 0 spiro atoms. The molecule has 2 aromatic heterocycles. The third kappa shape index (κ3) is 2.87. The number of furan rings is 1. The van der Waals surface area contributed by atoms with Crippen LogP contribution in [0.5, 0.6) is 0 Å². The van der Waals surface area contributed by atoms with Crippen molar-refractivity contribution in [3.63, 3.8) is 0 Å². The zero-order valence-corrected chi connectivity index (χ0v) is 15.8. The maximum absolute atomic E-state index is 13.0. The van der Waals surface area contributed by atoms with Gasteiger partial charge in [0.15, 0.2) is 11.5 Å². The first-order valence-corrected chi connectivity index (χ1v) is 9.17. The second-order valence-electron chi connectivity index (χ2n) is 6.14. The van der Waals surface area contributed by atoms with E-state index in [0.717, 1.165) is 27.7 Å². The molecule has 0 saturated carbocycles. The van der Waals surface area contributed by atoms with Crippen LogP contribution in [0.3, 0.4) is 0 Å². The number of rotatable bonds is 6. The lowest BCUT2D eigenvalue weighted by molar-refractivity contribution is 0.0723. The molecule has 1 atom stereocenters. The predicted octanol–water partition coefficient (Wildman–Crippen LogP) is 4.01. The molecule has 1 N–H and O–H groups in total. The van der Waals surface area contributed by atoms with Crippen LogP contribution in [-0.2, 0) is 4.74 Å². The van der Waals surface area contributed by atoms with Gasteiger partial charge in [-0.1, -0.05) is 28.1 Å². The molecule has 0 fully saturated rings. The Morgan fingerprint density at radius 3 is 2.96 bits per heavy atom. The minimum atomic E-state index is -0.217. The quantitative estimate of drug-likeness (QED) is 0.617. The fourth-order valence-electron chi connectivity index (χ4n) is 3.43. The summed E-state index contributed by atoms with van der Waals surface area (Å²) in [6.45, 7) is 1.20. The molecule has 1 aliphatic heterocycles. The lowest BCUT2D eigenvalue weighted by atomic mass is 9.98. The molecule has 1 aliphatic rings. The van der Waals surface area contributed by atoms with Crippen molar-refractivity contribution in [1.29, 1.82) is 0 Å². The fraction of sp³-hybridized carbons (Fsp3) is 0.263. The van der Waals surface area contributed by atoms with Crippen LogP contribution in [0.4, 0.5) is 0 Å². The molecule has 0 saturated heterocycles. The Morgan fingerprint density at radius 1 is 1.35 bits per heavy atom. The van der Waals surface area contributed by atoms with Gasteiger partial charge in [-0.05, 0) is 36.2 Å². The molecule has 0 bridgehead atoms. The average molecular weight is 416 g/mol. The van der Waals surface area contributed by atoms with Gasteiger partial charge in [-0.3, -0.25) is 9.89 Å². The van der Waals surface area contributed by atoms with Crippen molar-refractivity contribution in [1.82, 2.24) is 15.1 Å². The molecular formula is C19H18BrN3O3. The lowest BCUT2D eigenvalue weighted by Gasteiger charge is -2.26. The van der Waals surface area contributed by atoms with Gasteiger partial charge in [-0.15, -0.1) is 0 Å². The number of methoxy groups -OCH3 is 1. The highest BCUT2D eigenvalue weighted by molar-refractivity contribution is 9.10. The van der Waals surface area contributed by atoms with Gasteiger partial charge in [0.1, 0.15) is 5.69 Å². The number of nitrogens with zero attached hydrogens (tertiary/aromatic N) is 2. The number of hydrogen-bond acceptors (Lipinski definition) is 4. The van der Waals surface area contributed by atoms with E-state index in [1.54, 1.807) is 13.4 Å². The highest BCUT2D eigenvalue weighted by Crippen LogP contribution is 2.43. The van der Waals surface area contributed by atoms with Crippen molar-refractivity contribution in [2.45, 2.75) is 12.5 Å². The molecule has 1 aromatic carbocycles. The summed E-state index contributed by atoms with van der Waals surface area (Å²) in [5, 5.41) is 7.27. The van der Waals surface area contributed by atoms with Gasteiger partial charge in [0.2, 0.25) is 0 Å². The van der Waals surface area contributed by atoms with Gasteiger partial charge < -0.3 is 14.1 Å². The number of ether oxygens (including phenoxy) is 1. The number of nitrogens with one attached hydrogen (secondary N) is 1. The Kier molecular flexibility index (Phi) is 4.65. The van der Waals surface area contributed by atoms with Crippen molar-refractivity contribution in [3.05, 3.63) is 64.0 Å². The van der Waals surface area contributed by atoms with E-state index in [-0.39, 0.29) is 11.9 Å². The van der Waals surface area contributed by atoms with Crippen LogP contribution in [0.25, 0.3) is 11.5 Å². The summed E-state index contributed by atoms with van der Waals surface area (Å²) in [6, 6.07) is 11.5. The standard InChI is InChI=1S/C19H18BrN3O3/c1-25-9-4-8-23-18(12-5-2-6-13(20)11-12)15-16(14-7-3-10-26-14)21-22-17(15)19(23)24/h2-3,5-7,10-11,18H,4,8-9H2,1H3,(H,21,22). The van der Waals surface area contributed by atoms with E-state index in [4.69, 9.17) is 9.15 Å². The maximum atomic E-state index is 13.0. The summed E-state index contributed by atoms with van der Waals surface area (Å²) in [6.07, 6.45) is 2.38. The molecule has 0 aliphatic carbocycles. The molecule has 6 nitrogen and oxygen atoms in total. The van der Waals surface area contributed by atoms with E-state index in [9.17, 15) is 4.79 Å². The van der Waals surface area contributed by atoms with Crippen LogP contribution in [0, 0.1) is 0 Å². The molecule has 1 amide bonds. The third-order valence-corrected chi connectivity index (χ3v) is 5.03. The zero-order chi connectivity index (χ0) is 18.1. The topological polar surface area (TPSA) is 71.4 Å². The monoisotopic (exact) mass is 415 g/mol. The van der Waals surface area contributed by atoms with Crippen molar-refractivity contribution >= 4 is 21.8 Å². The molecule has 0 radical (unpaired) electrons.